The Morgan fingerprint density at radius 2 is 1.84 bits per heavy atom. The van der Waals surface area contributed by atoms with E-state index in [1.807, 2.05) is 19.9 Å². The highest BCUT2D eigenvalue weighted by Gasteiger charge is 2.16. The maximum absolute atomic E-state index is 13.9. The Bertz CT molecular complexity index is 860. The molecule has 6 heteroatoms. The van der Waals surface area contributed by atoms with Crippen LogP contribution in [0.2, 0.25) is 0 Å². The summed E-state index contributed by atoms with van der Waals surface area (Å²) < 4.78 is 13.9. The van der Waals surface area contributed by atoms with E-state index in [0.717, 1.165) is 50.1 Å². The fourth-order valence-electron chi connectivity index (χ4n) is 3.74. The molecule has 2 aromatic rings. The second-order valence-corrected chi connectivity index (χ2v) is 8.39. The van der Waals surface area contributed by atoms with Crippen LogP contribution >= 0.6 is 0 Å². The highest BCUT2D eigenvalue weighted by molar-refractivity contribution is 5.80. The van der Waals surface area contributed by atoms with E-state index >= 15 is 0 Å². The predicted octanol–water partition coefficient (Wildman–Crippen LogP) is 3.91. The van der Waals surface area contributed by atoms with Gasteiger partial charge in [0, 0.05) is 26.2 Å². The van der Waals surface area contributed by atoms with Crippen molar-refractivity contribution in [2.24, 2.45) is 4.99 Å². The maximum Gasteiger partial charge on any atom is 0.192 e. The molecule has 3 rings (SSSR count). The second kappa shape index (κ2) is 11.3. The largest absolute Gasteiger partial charge is 0.393 e. The summed E-state index contributed by atoms with van der Waals surface area (Å²) in [6.07, 6.45) is 1.59. The summed E-state index contributed by atoms with van der Waals surface area (Å²) in [5.41, 5.74) is 3.97. The van der Waals surface area contributed by atoms with Crippen molar-refractivity contribution in [1.29, 1.82) is 0 Å². The average Bonchev–Trinajstić information content (AvgIpc) is 2.76. The molecule has 0 bridgehead atoms. The van der Waals surface area contributed by atoms with E-state index in [1.54, 1.807) is 19.1 Å². The molecular formula is C25H35FN4O. The minimum Gasteiger partial charge on any atom is -0.393 e. The van der Waals surface area contributed by atoms with Gasteiger partial charge in [0.05, 0.1) is 18.7 Å². The van der Waals surface area contributed by atoms with Gasteiger partial charge in [-0.05, 0) is 61.9 Å². The zero-order valence-electron chi connectivity index (χ0n) is 18.9. The SMILES string of the molecule is CCNC(=NCc1ccc(CN2CCC(O)CC2)cc1)NC(C)c1ccc(C)c(F)c1. The number of aliphatic imine (C=N–C) groups is 1. The van der Waals surface area contributed by atoms with Gasteiger partial charge in [-0.1, -0.05) is 36.4 Å². The molecule has 1 aliphatic rings. The minimum atomic E-state index is -0.186. The van der Waals surface area contributed by atoms with Gasteiger partial charge >= 0.3 is 0 Å². The van der Waals surface area contributed by atoms with E-state index in [1.165, 1.54) is 5.56 Å². The molecule has 2 aromatic carbocycles. The monoisotopic (exact) mass is 426 g/mol. The van der Waals surface area contributed by atoms with Crippen LogP contribution in [-0.2, 0) is 13.1 Å². The van der Waals surface area contributed by atoms with E-state index in [0.29, 0.717) is 18.1 Å². The summed E-state index contributed by atoms with van der Waals surface area (Å²) in [5.74, 6) is 0.529. The van der Waals surface area contributed by atoms with Crippen LogP contribution in [-0.4, -0.2) is 41.7 Å². The summed E-state index contributed by atoms with van der Waals surface area (Å²) in [5, 5.41) is 16.3. The molecule has 168 valence electrons. The number of nitrogens with zero attached hydrogens (tertiary/aromatic N) is 2. The second-order valence-electron chi connectivity index (χ2n) is 8.39. The van der Waals surface area contributed by atoms with Crippen molar-refractivity contribution in [1.82, 2.24) is 15.5 Å². The fourth-order valence-corrected chi connectivity index (χ4v) is 3.74. The molecule has 1 aliphatic heterocycles. The quantitative estimate of drug-likeness (QED) is 0.464. The van der Waals surface area contributed by atoms with E-state index in [9.17, 15) is 9.50 Å². The zero-order chi connectivity index (χ0) is 22.2. The number of aliphatic hydroxyl groups excluding tert-OH is 1. The van der Waals surface area contributed by atoms with Gasteiger partial charge < -0.3 is 15.7 Å². The van der Waals surface area contributed by atoms with Crippen LogP contribution in [0.25, 0.3) is 0 Å². The van der Waals surface area contributed by atoms with Crippen LogP contribution in [0.15, 0.2) is 47.5 Å². The van der Waals surface area contributed by atoms with Crippen LogP contribution in [0.1, 0.15) is 55.0 Å². The number of likely N-dealkylation sites (tertiary alicyclic amines) is 1. The Labute approximate surface area is 185 Å². The van der Waals surface area contributed by atoms with Gasteiger partial charge in [0.2, 0.25) is 0 Å². The normalized spacial score (nSPS) is 16.9. The number of hydrogen-bond acceptors (Lipinski definition) is 3. The van der Waals surface area contributed by atoms with Crippen LogP contribution in [0.4, 0.5) is 4.39 Å². The summed E-state index contributed by atoms with van der Waals surface area (Å²) in [6.45, 7) is 9.95. The van der Waals surface area contributed by atoms with Crippen molar-refractivity contribution >= 4 is 5.96 Å². The van der Waals surface area contributed by atoms with Crippen LogP contribution in [0, 0.1) is 12.7 Å². The lowest BCUT2D eigenvalue weighted by atomic mass is 10.1. The molecule has 0 aromatic heterocycles. The van der Waals surface area contributed by atoms with Gasteiger partial charge in [0.15, 0.2) is 5.96 Å². The first kappa shape index (κ1) is 23.2. The van der Waals surface area contributed by atoms with Crippen LogP contribution < -0.4 is 10.6 Å². The minimum absolute atomic E-state index is 0.0571. The summed E-state index contributed by atoms with van der Waals surface area (Å²) in [6, 6.07) is 13.8. The van der Waals surface area contributed by atoms with Gasteiger partial charge in [0.1, 0.15) is 5.82 Å². The van der Waals surface area contributed by atoms with Gasteiger partial charge in [-0.2, -0.15) is 0 Å². The molecule has 0 amide bonds. The molecule has 0 radical (unpaired) electrons. The third-order valence-corrected chi connectivity index (χ3v) is 5.80. The summed E-state index contributed by atoms with van der Waals surface area (Å²) in [4.78, 5) is 7.10. The fraction of sp³-hybridized carbons (Fsp3) is 0.480. The van der Waals surface area contributed by atoms with Crippen molar-refractivity contribution in [2.75, 3.05) is 19.6 Å². The number of aryl methyl sites for hydroxylation is 1. The van der Waals surface area contributed by atoms with Gasteiger partial charge in [-0.15, -0.1) is 0 Å². The molecule has 0 spiro atoms. The summed E-state index contributed by atoms with van der Waals surface area (Å²) >= 11 is 0. The number of piperidine rings is 1. The molecule has 1 unspecified atom stereocenters. The Hall–Kier alpha value is -2.44. The van der Waals surface area contributed by atoms with E-state index in [4.69, 9.17) is 4.99 Å². The number of rotatable bonds is 7. The maximum atomic E-state index is 13.9. The van der Waals surface area contributed by atoms with E-state index < -0.39 is 0 Å². The predicted molar refractivity (Wildman–Crippen MR) is 124 cm³/mol. The van der Waals surface area contributed by atoms with Gasteiger partial charge in [-0.3, -0.25) is 4.90 Å². The first-order chi connectivity index (χ1) is 14.9. The van der Waals surface area contributed by atoms with Crippen molar-refractivity contribution in [3.63, 3.8) is 0 Å². The van der Waals surface area contributed by atoms with Gasteiger partial charge in [-0.25, -0.2) is 9.38 Å². The zero-order valence-corrected chi connectivity index (χ0v) is 18.9. The van der Waals surface area contributed by atoms with Crippen LogP contribution in [0.5, 0.6) is 0 Å². The Morgan fingerprint density at radius 3 is 2.48 bits per heavy atom. The van der Waals surface area contributed by atoms with Crippen molar-refractivity contribution < 1.29 is 9.50 Å². The van der Waals surface area contributed by atoms with Gasteiger partial charge in [0.25, 0.3) is 0 Å². The number of hydrogen-bond donors (Lipinski definition) is 3. The van der Waals surface area contributed by atoms with Crippen molar-refractivity contribution in [2.45, 2.75) is 58.8 Å². The number of benzene rings is 2. The first-order valence-electron chi connectivity index (χ1n) is 11.2. The number of nitrogens with one attached hydrogen (secondary N) is 2. The first-order valence-corrected chi connectivity index (χ1v) is 11.2. The molecule has 0 saturated carbocycles. The topological polar surface area (TPSA) is 59.9 Å². The Balaban J connectivity index is 1.57. The summed E-state index contributed by atoms with van der Waals surface area (Å²) in [7, 11) is 0. The lowest BCUT2D eigenvalue weighted by Gasteiger charge is -2.29. The Morgan fingerprint density at radius 1 is 1.16 bits per heavy atom. The lowest BCUT2D eigenvalue weighted by Crippen LogP contribution is -2.38. The molecule has 1 fully saturated rings. The molecule has 31 heavy (non-hydrogen) atoms. The molecule has 5 nitrogen and oxygen atoms in total. The standard InChI is InChI=1S/C25H35FN4O/c1-4-27-25(29-19(3)22-10-5-18(2)24(26)15-22)28-16-20-6-8-21(9-7-20)17-30-13-11-23(31)12-14-30/h5-10,15,19,23,31H,4,11-14,16-17H2,1-3H3,(H2,27,28,29). The third kappa shape index (κ3) is 7.04. The van der Waals surface area contributed by atoms with Crippen molar-refractivity contribution in [3.05, 3.63) is 70.5 Å². The molecular weight excluding hydrogens is 391 g/mol. The third-order valence-electron chi connectivity index (χ3n) is 5.80. The highest BCUT2D eigenvalue weighted by Crippen LogP contribution is 2.17. The molecule has 1 heterocycles. The van der Waals surface area contributed by atoms with Crippen LogP contribution in [0.3, 0.4) is 0 Å². The number of aliphatic hydroxyl groups is 1. The molecule has 1 atom stereocenters. The molecule has 0 aliphatic carbocycles. The Kier molecular flexibility index (Phi) is 8.43. The molecule has 1 saturated heterocycles. The van der Waals surface area contributed by atoms with E-state index in [-0.39, 0.29) is 18.0 Å². The number of guanidine groups is 1. The molecule has 3 N–H and O–H groups in total. The number of halogens is 1. The smallest absolute Gasteiger partial charge is 0.192 e. The lowest BCUT2D eigenvalue weighted by molar-refractivity contribution is 0.0792. The van der Waals surface area contributed by atoms with E-state index in [2.05, 4.69) is 39.8 Å². The van der Waals surface area contributed by atoms with Crippen molar-refractivity contribution in [3.8, 4) is 0 Å². The average molecular weight is 427 g/mol. The highest BCUT2D eigenvalue weighted by atomic mass is 19.1.